The lowest BCUT2D eigenvalue weighted by atomic mass is 9.73. The molecule has 0 spiro atoms. The van der Waals surface area contributed by atoms with Crippen LogP contribution in [0.3, 0.4) is 0 Å². The van der Waals surface area contributed by atoms with Gasteiger partial charge < -0.3 is 19.1 Å². The summed E-state index contributed by atoms with van der Waals surface area (Å²) in [5.74, 6) is -0.387. The second kappa shape index (κ2) is 11.7. The Kier molecular flexibility index (Phi) is 10.1. The fourth-order valence-electron chi connectivity index (χ4n) is 4.77. The van der Waals surface area contributed by atoms with Crippen molar-refractivity contribution in [3.63, 3.8) is 0 Å². The number of allylic oxidation sites excluding steroid dienone is 1. The van der Waals surface area contributed by atoms with Crippen molar-refractivity contribution in [2.24, 2.45) is 17.3 Å². The fraction of sp³-hybridized carbons (Fsp3) is 0.826. The molecule has 9 unspecified atom stereocenters. The molecule has 0 aliphatic carbocycles. The number of hydrogen-bond donors (Lipinski definition) is 1. The van der Waals surface area contributed by atoms with E-state index in [1.165, 1.54) is 0 Å². The van der Waals surface area contributed by atoms with Crippen molar-refractivity contribution in [1.29, 1.82) is 0 Å². The van der Waals surface area contributed by atoms with E-state index in [9.17, 15) is 9.59 Å². The summed E-state index contributed by atoms with van der Waals surface area (Å²) in [7, 11) is 4.56. The van der Waals surface area contributed by atoms with Crippen LogP contribution in [0.1, 0.15) is 73.6 Å². The van der Waals surface area contributed by atoms with Crippen molar-refractivity contribution >= 4 is 30.7 Å². The van der Waals surface area contributed by atoms with Gasteiger partial charge >= 0.3 is 5.97 Å². The highest BCUT2D eigenvalue weighted by molar-refractivity contribution is 7.10. The van der Waals surface area contributed by atoms with Crippen molar-refractivity contribution in [2.75, 3.05) is 0 Å². The first-order chi connectivity index (χ1) is 14.6. The molecular weight excluding hydrogens is 432 g/mol. The van der Waals surface area contributed by atoms with Crippen LogP contribution < -0.4 is 5.32 Å². The number of fused-ring (bicyclic) bond motifs is 1. The van der Waals surface area contributed by atoms with Gasteiger partial charge in [-0.3, -0.25) is 9.59 Å². The maximum atomic E-state index is 13.5. The zero-order valence-electron chi connectivity index (χ0n) is 19.9. The maximum Gasteiger partial charge on any atom is 0.309 e. The molecule has 6 nitrogen and oxygen atoms in total. The van der Waals surface area contributed by atoms with Gasteiger partial charge in [0.05, 0.1) is 24.0 Å². The third kappa shape index (κ3) is 6.81. The van der Waals surface area contributed by atoms with Crippen LogP contribution in [0.4, 0.5) is 0 Å². The molecule has 0 bridgehead atoms. The summed E-state index contributed by atoms with van der Waals surface area (Å²) >= 11 is 0. The third-order valence-corrected chi connectivity index (χ3v) is 7.91. The molecule has 2 heterocycles. The predicted molar refractivity (Wildman–Crippen MR) is 129 cm³/mol. The van der Waals surface area contributed by atoms with Crippen LogP contribution >= 0.6 is 18.9 Å². The minimum atomic E-state index is -0.868. The molecule has 0 aromatic rings. The van der Waals surface area contributed by atoms with Crippen LogP contribution in [-0.4, -0.2) is 42.1 Å². The molecule has 0 radical (unpaired) electrons. The first-order valence-electron chi connectivity index (χ1n) is 11.4. The van der Waals surface area contributed by atoms with Crippen molar-refractivity contribution in [1.82, 2.24) is 5.32 Å². The number of ketones is 1. The Morgan fingerprint density at radius 3 is 2.42 bits per heavy atom. The second-order valence-corrected chi connectivity index (χ2v) is 10.4. The van der Waals surface area contributed by atoms with Gasteiger partial charge in [0.25, 0.3) is 0 Å². The number of carbonyl (C=O) groups excluding carboxylic acids is 2. The Bertz CT molecular complexity index is 668. The van der Waals surface area contributed by atoms with Crippen LogP contribution in [0.2, 0.25) is 0 Å². The van der Waals surface area contributed by atoms with E-state index in [1.807, 2.05) is 40.7 Å². The number of hydrogen-bond acceptors (Lipinski definition) is 6. The molecule has 0 aromatic heterocycles. The molecule has 2 rings (SSSR count). The molecule has 178 valence electrons. The highest BCUT2D eigenvalue weighted by atomic mass is 31.0. The van der Waals surface area contributed by atoms with E-state index in [4.69, 9.17) is 13.8 Å². The molecule has 2 aliphatic heterocycles. The molecule has 2 saturated heterocycles. The number of Topliss-reactive ketones (excluding diaryl/α,β-unsaturated/α-hetero) is 1. The van der Waals surface area contributed by atoms with Gasteiger partial charge in [-0.2, -0.15) is 0 Å². The molecule has 31 heavy (non-hydrogen) atoms. The van der Waals surface area contributed by atoms with Gasteiger partial charge in [0, 0.05) is 43.4 Å². The van der Waals surface area contributed by atoms with Crippen molar-refractivity contribution < 1.29 is 23.4 Å². The molecule has 0 aromatic carbocycles. The van der Waals surface area contributed by atoms with E-state index in [0.29, 0.717) is 12.1 Å². The summed E-state index contributed by atoms with van der Waals surface area (Å²) in [5, 5.41) is 3.54. The number of cyclic esters (lactones) is 1. The van der Waals surface area contributed by atoms with Gasteiger partial charge in [0.2, 0.25) is 0 Å². The summed E-state index contributed by atoms with van der Waals surface area (Å²) in [4.78, 5) is 26.3. The zero-order chi connectivity index (χ0) is 23.3. The lowest BCUT2D eigenvalue weighted by molar-refractivity contribution is -0.152. The Balaban J connectivity index is 2.29. The summed E-state index contributed by atoms with van der Waals surface area (Å²) in [5.41, 5.74) is 0.176. The molecule has 0 saturated carbocycles. The van der Waals surface area contributed by atoms with Gasteiger partial charge in [-0.25, -0.2) is 0 Å². The SMILES string of the molecule is C/C=C(\C)C1CC2NC2CCCC(C)C(OP)C(C)C(=O)C(C)(C)C(OP)CC(=O)O1. The minimum absolute atomic E-state index is 0.0198. The van der Waals surface area contributed by atoms with Crippen molar-refractivity contribution in [3.05, 3.63) is 11.6 Å². The standard InChI is InChI=1S/C23H41NO5P2/c1-7-13(2)18-11-17-16(24-17)10-8-9-14(3)21(29-31)15(4)22(26)23(5,6)19(28-30)12-20(25)27-18/h7,14-19,21,24H,8-12,30-31H2,1-6H3/b13-7+. The van der Waals surface area contributed by atoms with E-state index in [2.05, 4.69) is 31.2 Å². The van der Waals surface area contributed by atoms with E-state index in [0.717, 1.165) is 31.3 Å². The van der Waals surface area contributed by atoms with Gasteiger partial charge in [-0.1, -0.05) is 40.2 Å². The maximum absolute atomic E-state index is 13.5. The Hall–Kier alpha value is -0.380. The van der Waals surface area contributed by atoms with Crippen LogP contribution in [0.25, 0.3) is 0 Å². The monoisotopic (exact) mass is 473 g/mol. The predicted octanol–water partition coefficient (Wildman–Crippen LogP) is 4.39. The van der Waals surface area contributed by atoms with Crippen LogP contribution in [0.15, 0.2) is 11.6 Å². The minimum Gasteiger partial charge on any atom is -0.458 e. The topological polar surface area (TPSA) is 83.8 Å². The van der Waals surface area contributed by atoms with E-state index in [1.54, 1.807) is 0 Å². The van der Waals surface area contributed by atoms with Crippen molar-refractivity contribution in [2.45, 2.75) is 104 Å². The Morgan fingerprint density at radius 2 is 1.84 bits per heavy atom. The summed E-state index contributed by atoms with van der Waals surface area (Å²) in [6.45, 7) is 11.7. The number of nitrogens with one attached hydrogen (secondary N) is 1. The summed E-state index contributed by atoms with van der Waals surface area (Å²) in [6, 6.07) is 0.831. The molecule has 9 atom stereocenters. The molecule has 2 aliphatic rings. The highest BCUT2D eigenvalue weighted by Crippen LogP contribution is 2.36. The van der Waals surface area contributed by atoms with Crippen LogP contribution in [0, 0.1) is 17.3 Å². The largest absolute Gasteiger partial charge is 0.458 e. The number of ether oxygens (including phenoxy) is 1. The normalized spacial score (nSPS) is 38.3. The molecule has 1 N–H and O–H groups in total. The third-order valence-electron chi connectivity index (χ3n) is 7.26. The van der Waals surface area contributed by atoms with Crippen LogP contribution in [-0.2, 0) is 23.4 Å². The van der Waals surface area contributed by atoms with Gasteiger partial charge in [0.1, 0.15) is 11.9 Å². The summed E-state index contributed by atoms with van der Waals surface area (Å²) in [6.07, 6.45) is 4.86. The first kappa shape index (κ1) is 26.9. The number of esters is 1. The quantitative estimate of drug-likeness (QED) is 0.283. The summed E-state index contributed by atoms with van der Waals surface area (Å²) < 4.78 is 17.1. The highest BCUT2D eigenvalue weighted by Gasteiger charge is 2.45. The van der Waals surface area contributed by atoms with E-state index < -0.39 is 11.5 Å². The average molecular weight is 474 g/mol. The number of carbonyl (C=O) groups is 2. The fourth-order valence-corrected chi connectivity index (χ4v) is 5.72. The van der Waals surface area contributed by atoms with Gasteiger partial charge in [-0.05, 0) is 38.2 Å². The Labute approximate surface area is 192 Å². The second-order valence-electron chi connectivity index (χ2n) is 9.84. The molecule has 8 heteroatoms. The lowest BCUT2D eigenvalue weighted by Crippen LogP contribution is -2.46. The van der Waals surface area contributed by atoms with Crippen molar-refractivity contribution in [3.8, 4) is 0 Å². The van der Waals surface area contributed by atoms with E-state index in [-0.39, 0.29) is 42.2 Å². The van der Waals surface area contributed by atoms with E-state index >= 15 is 0 Å². The zero-order valence-corrected chi connectivity index (χ0v) is 22.2. The number of rotatable bonds is 3. The first-order valence-corrected chi connectivity index (χ1v) is 12.3. The van der Waals surface area contributed by atoms with Gasteiger partial charge in [0.15, 0.2) is 0 Å². The molecular formula is C23H41NO5P2. The average Bonchev–Trinajstić information content (AvgIpc) is 3.47. The smallest absolute Gasteiger partial charge is 0.309 e. The molecule has 2 fully saturated rings. The van der Waals surface area contributed by atoms with Gasteiger partial charge in [-0.15, -0.1) is 0 Å². The Morgan fingerprint density at radius 1 is 1.16 bits per heavy atom. The molecule has 0 amide bonds. The van der Waals surface area contributed by atoms with Crippen LogP contribution in [0.5, 0.6) is 0 Å². The lowest BCUT2D eigenvalue weighted by Gasteiger charge is -2.37.